The molecule has 0 spiro atoms. The minimum Gasteiger partial charge on any atom is -0.370 e. The van der Waals surface area contributed by atoms with Gasteiger partial charge in [0.25, 0.3) is 0 Å². The molecule has 1 rings (SSSR count). The fourth-order valence-electron chi connectivity index (χ4n) is 1.34. The standard InChI is InChI=1S/C11H15NO2/c1-4-11(14-3)7-5-10(6-8-11)12-9(2)13/h5-8H,4H2,1-3H3. The van der Waals surface area contributed by atoms with Crippen LogP contribution in [0.3, 0.4) is 0 Å². The largest absolute Gasteiger partial charge is 0.370 e. The molecule has 0 aromatic carbocycles. The van der Waals surface area contributed by atoms with Crippen LogP contribution in [0.15, 0.2) is 29.3 Å². The summed E-state index contributed by atoms with van der Waals surface area (Å²) in [6, 6.07) is 0. The molecule has 1 aliphatic carbocycles. The summed E-state index contributed by atoms with van der Waals surface area (Å²) in [6.45, 7) is 3.48. The molecule has 0 saturated heterocycles. The van der Waals surface area contributed by atoms with Crippen LogP contribution >= 0.6 is 0 Å². The van der Waals surface area contributed by atoms with Gasteiger partial charge in [-0.1, -0.05) is 6.92 Å². The predicted octanol–water partition coefficient (Wildman–Crippen LogP) is 1.90. The molecule has 0 aromatic rings. The molecule has 0 unspecified atom stereocenters. The van der Waals surface area contributed by atoms with E-state index in [0.717, 1.165) is 6.42 Å². The molecule has 0 bridgehead atoms. The van der Waals surface area contributed by atoms with E-state index in [2.05, 4.69) is 4.99 Å². The minimum absolute atomic E-state index is 0.185. The summed E-state index contributed by atoms with van der Waals surface area (Å²) >= 11 is 0. The molecule has 0 aliphatic heterocycles. The van der Waals surface area contributed by atoms with Gasteiger partial charge >= 0.3 is 0 Å². The summed E-state index contributed by atoms with van der Waals surface area (Å²) in [5.41, 5.74) is 0.356. The second-order valence-corrected chi connectivity index (χ2v) is 3.23. The number of hydrogen-bond donors (Lipinski definition) is 0. The Balaban J connectivity index is 2.83. The van der Waals surface area contributed by atoms with Gasteiger partial charge in [0.2, 0.25) is 5.91 Å². The van der Waals surface area contributed by atoms with Crippen LogP contribution in [0, 0.1) is 0 Å². The molecular formula is C11H15NO2. The Morgan fingerprint density at radius 2 is 2.07 bits per heavy atom. The summed E-state index contributed by atoms with van der Waals surface area (Å²) in [5, 5.41) is 0. The van der Waals surface area contributed by atoms with Gasteiger partial charge < -0.3 is 4.74 Å². The smallest absolute Gasteiger partial charge is 0.243 e. The number of amides is 1. The van der Waals surface area contributed by atoms with E-state index < -0.39 is 0 Å². The van der Waals surface area contributed by atoms with Crippen molar-refractivity contribution in [2.75, 3.05) is 7.11 Å². The van der Waals surface area contributed by atoms with Gasteiger partial charge in [0.1, 0.15) is 5.60 Å². The lowest BCUT2D eigenvalue weighted by atomic mass is 9.94. The summed E-state index contributed by atoms with van der Waals surface area (Å²) in [4.78, 5) is 14.5. The Kier molecular flexibility index (Phi) is 3.36. The average molecular weight is 193 g/mol. The fraction of sp³-hybridized carbons (Fsp3) is 0.455. The summed E-state index contributed by atoms with van der Waals surface area (Å²) in [7, 11) is 1.67. The van der Waals surface area contributed by atoms with Crippen molar-refractivity contribution in [3.8, 4) is 0 Å². The van der Waals surface area contributed by atoms with Crippen molar-refractivity contribution in [3.63, 3.8) is 0 Å². The molecular weight excluding hydrogens is 178 g/mol. The van der Waals surface area contributed by atoms with Crippen molar-refractivity contribution in [3.05, 3.63) is 24.3 Å². The molecule has 0 saturated carbocycles. The SMILES string of the molecule is CCC1(OC)C=CC(=NC(C)=O)C=C1. The number of hydrogen-bond acceptors (Lipinski definition) is 2. The molecule has 0 heterocycles. The Morgan fingerprint density at radius 1 is 1.50 bits per heavy atom. The zero-order valence-corrected chi connectivity index (χ0v) is 8.78. The van der Waals surface area contributed by atoms with E-state index in [4.69, 9.17) is 4.74 Å². The first-order valence-corrected chi connectivity index (χ1v) is 4.65. The maximum absolute atomic E-state index is 10.7. The van der Waals surface area contributed by atoms with E-state index in [0.29, 0.717) is 5.71 Å². The molecule has 1 aliphatic rings. The van der Waals surface area contributed by atoms with Crippen LogP contribution in [0.4, 0.5) is 0 Å². The molecule has 0 radical (unpaired) electrons. The lowest BCUT2D eigenvalue weighted by Gasteiger charge is -2.26. The first-order valence-electron chi connectivity index (χ1n) is 4.65. The van der Waals surface area contributed by atoms with Crippen molar-refractivity contribution in [1.82, 2.24) is 0 Å². The number of carbonyl (C=O) groups excluding carboxylic acids is 1. The number of methoxy groups -OCH3 is 1. The third-order valence-electron chi connectivity index (χ3n) is 2.29. The summed E-state index contributed by atoms with van der Waals surface area (Å²) in [5.74, 6) is -0.185. The maximum atomic E-state index is 10.7. The fourth-order valence-corrected chi connectivity index (χ4v) is 1.34. The molecule has 1 amide bonds. The second kappa shape index (κ2) is 4.33. The topological polar surface area (TPSA) is 38.7 Å². The summed E-state index contributed by atoms with van der Waals surface area (Å²) in [6.07, 6.45) is 8.34. The van der Waals surface area contributed by atoms with Gasteiger partial charge in [-0.2, -0.15) is 0 Å². The molecule has 0 N–H and O–H groups in total. The van der Waals surface area contributed by atoms with Crippen LogP contribution in [0.5, 0.6) is 0 Å². The van der Waals surface area contributed by atoms with Gasteiger partial charge in [-0.25, -0.2) is 4.99 Å². The quantitative estimate of drug-likeness (QED) is 0.671. The van der Waals surface area contributed by atoms with Crippen LogP contribution in [0.1, 0.15) is 20.3 Å². The van der Waals surface area contributed by atoms with Crippen molar-refractivity contribution < 1.29 is 9.53 Å². The molecule has 3 nitrogen and oxygen atoms in total. The Morgan fingerprint density at radius 3 is 2.43 bits per heavy atom. The predicted molar refractivity (Wildman–Crippen MR) is 56.4 cm³/mol. The van der Waals surface area contributed by atoms with Crippen LogP contribution in [0.25, 0.3) is 0 Å². The highest BCUT2D eigenvalue weighted by Gasteiger charge is 2.22. The number of allylic oxidation sites excluding steroid dienone is 2. The van der Waals surface area contributed by atoms with Crippen LogP contribution in [-0.4, -0.2) is 24.3 Å². The van der Waals surface area contributed by atoms with Gasteiger partial charge in [-0.05, 0) is 30.7 Å². The Hall–Kier alpha value is -1.22. The molecule has 0 fully saturated rings. The third-order valence-corrected chi connectivity index (χ3v) is 2.29. The van der Waals surface area contributed by atoms with Gasteiger partial charge in [0, 0.05) is 14.0 Å². The van der Waals surface area contributed by atoms with Crippen molar-refractivity contribution in [2.45, 2.75) is 25.9 Å². The lowest BCUT2D eigenvalue weighted by Crippen LogP contribution is -2.27. The third kappa shape index (κ3) is 2.39. The number of aliphatic imine (C=N–C) groups is 1. The molecule has 14 heavy (non-hydrogen) atoms. The number of ether oxygens (including phenoxy) is 1. The number of rotatable bonds is 2. The van der Waals surface area contributed by atoms with Crippen molar-refractivity contribution in [1.29, 1.82) is 0 Å². The van der Waals surface area contributed by atoms with Gasteiger partial charge in [-0.15, -0.1) is 0 Å². The molecule has 76 valence electrons. The normalized spacial score (nSPS) is 25.2. The average Bonchev–Trinajstić information content (AvgIpc) is 2.19. The monoisotopic (exact) mass is 193 g/mol. The Bertz CT molecular complexity index is 291. The molecule has 0 aromatic heterocycles. The van der Waals surface area contributed by atoms with Gasteiger partial charge in [-0.3, -0.25) is 4.79 Å². The first-order chi connectivity index (χ1) is 6.62. The number of carbonyl (C=O) groups is 1. The zero-order chi connectivity index (χ0) is 10.6. The van der Waals surface area contributed by atoms with E-state index >= 15 is 0 Å². The lowest BCUT2D eigenvalue weighted by molar-refractivity contribution is -0.115. The second-order valence-electron chi connectivity index (χ2n) is 3.23. The van der Waals surface area contributed by atoms with Gasteiger partial charge in [0.15, 0.2) is 0 Å². The van der Waals surface area contributed by atoms with Crippen molar-refractivity contribution in [2.24, 2.45) is 4.99 Å². The highest BCUT2D eigenvalue weighted by Crippen LogP contribution is 2.21. The van der Waals surface area contributed by atoms with Crippen LogP contribution < -0.4 is 0 Å². The van der Waals surface area contributed by atoms with E-state index in [1.807, 2.05) is 31.2 Å². The van der Waals surface area contributed by atoms with Crippen LogP contribution in [0.2, 0.25) is 0 Å². The van der Waals surface area contributed by atoms with Crippen molar-refractivity contribution >= 4 is 11.6 Å². The Labute approximate surface area is 84.2 Å². The zero-order valence-electron chi connectivity index (χ0n) is 8.78. The van der Waals surface area contributed by atoms with E-state index in [9.17, 15) is 4.79 Å². The molecule has 3 heteroatoms. The first kappa shape index (κ1) is 10.9. The summed E-state index contributed by atoms with van der Waals surface area (Å²) < 4.78 is 5.37. The number of nitrogens with zero attached hydrogens (tertiary/aromatic N) is 1. The van der Waals surface area contributed by atoms with E-state index in [-0.39, 0.29) is 11.5 Å². The van der Waals surface area contributed by atoms with E-state index in [1.54, 1.807) is 7.11 Å². The minimum atomic E-state index is -0.324. The highest BCUT2D eigenvalue weighted by molar-refractivity contribution is 6.09. The van der Waals surface area contributed by atoms with Gasteiger partial charge in [0.05, 0.1) is 5.71 Å². The highest BCUT2D eigenvalue weighted by atomic mass is 16.5. The molecule has 0 atom stereocenters. The maximum Gasteiger partial charge on any atom is 0.243 e. The van der Waals surface area contributed by atoms with E-state index in [1.165, 1.54) is 6.92 Å². The van der Waals surface area contributed by atoms with Crippen LogP contribution in [-0.2, 0) is 9.53 Å².